The van der Waals surface area contributed by atoms with Crippen molar-refractivity contribution >= 4 is 5.78 Å². The molecule has 0 aromatic rings. The second-order valence-corrected chi connectivity index (χ2v) is 8.88. The lowest BCUT2D eigenvalue weighted by Gasteiger charge is -2.64. The molecule has 3 rings (SSSR count). The predicted octanol–water partition coefficient (Wildman–Crippen LogP) is 2.09. The first-order chi connectivity index (χ1) is 11.1. The highest BCUT2D eigenvalue weighted by atomic mass is 16.4. The molecular formula is C20H30O4. The van der Waals surface area contributed by atoms with Gasteiger partial charge in [-0.05, 0) is 47.7 Å². The van der Waals surface area contributed by atoms with E-state index in [0.29, 0.717) is 0 Å². The topological polar surface area (TPSA) is 77.8 Å². The van der Waals surface area contributed by atoms with Gasteiger partial charge in [0.2, 0.25) is 0 Å². The van der Waals surface area contributed by atoms with Crippen molar-refractivity contribution in [1.82, 2.24) is 0 Å². The van der Waals surface area contributed by atoms with E-state index in [-0.39, 0.29) is 29.5 Å². The van der Waals surface area contributed by atoms with Crippen LogP contribution in [0.1, 0.15) is 40.5 Å². The number of hydrogen-bond acceptors (Lipinski definition) is 4. The molecule has 0 spiro atoms. The fourth-order valence-corrected chi connectivity index (χ4v) is 6.20. The summed E-state index contributed by atoms with van der Waals surface area (Å²) in [6.07, 6.45) is 1.84. The first-order valence-electron chi connectivity index (χ1n) is 9.00. The first kappa shape index (κ1) is 17.8. The van der Waals surface area contributed by atoms with Crippen molar-refractivity contribution < 1.29 is 20.1 Å². The Morgan fingerprint density at radius 1 is 1.17 bits per heavy atom. The summed E-state index contributed by atoms with van der Waals surface area (Å²) >= 11 is 0. The van der Waals surface area contributed by atoms with E-state index in [2.05, 4.69) is 13.5 Å². The molecule has 2 saturated carbocycles. The van der Waals surface area contributed by atoms with Gasteiger partial charge in [0.15, 0.2) is 5.78 Å². The predicted molar refractivity (Wildman–Crippen MR) is 92.1 cm³/mol. The van der Waals surface area contributed by atoms with Crippen LogP contribution < -0.4 is 0 Å². The van der Waals surface area contributed by atoms with Gasteiger partial charge < -0.3 is 15.3 Å². The molecule has 4 heteroatoms. The summed E-state index contributed by atoms with van der Waals surface area (Å²) in [4.78, 5) is 13.0. The fraction of sp³-hybridized carbons (Fsp3) is 0.750. The molecule has 3 N–H and O–H groups in total. The molecule has 0 heterocycles. The molecule has 134 valence electrons. The lowest BCUT2D eigenvalue weighted by Crippen LogP contribution is -2.69. The van der Waals surface area contributed by atoms with Gasteiger partial charge in [0.1, 0.15) is 6.10 Å². The Labute approximate surface area is 144 Å². The molecular weight excluding hydrogens is 304 g/mol. The minimum atomic E-state index is -1.23. The maximum absolute atomic E-state index is 13.0. The van der Waals surface area contributed by atoms with E-state index in [0.717, 1.165) is 18.4 Å². The van der Waals surface area contributed by atoms with Crippen LogP contribution in [0, 0.1) is 34.5 Å². The van der Waals surface area contributed by atoms with E-state index >= 15 is 0 Å². The lowest BCUT2D eigenvalue weighted by atomic mass is 9.42. The summed E-state index contributed by atoms with van der Waals surface area (Å²) in [6, 6.07) is 0. The van der Waals surface area contributed by atoms with Gasteiger partial charge in [-0.25, -0.2) is 0 Å². The van der Waals surface area contributed by atoms with Crippen LogP contribution in [0.15, 0.2) is 24.3 Å². The molecule has 3 aliphatic rings. The van der Waals surface area contributed by atoms with E-state index in [9.17, 15) is 20.1 Å². The number of allylic oxidation sites excluding steroid dienone is 3. The third kappa shape index (κ3) is 2.06. The fourth-order valence-electron chi connectivity index (χ4n) is 6.20. The van der Waals surface area contributed by atoms with Gasteiger partial charge in [-0.3, -0.25) is 4.79 Å². The second kappa shape index (κ2) is 5.52. The van der Waals surface area contributed by atoms with Gasteiger partial charge in [0.05, 0.1) is 12.2 Å². The minimum absolute atomic E-state index is 0.0190. The van der Waals surface area contributed by atoms with Crippen LogP contribution in [0.25, 0.3) is 0 Å². The monoisotopic (exact) mass is 334 g/mol. The standard InChI is InChI=1S/C20H30O4/c1-6-11-9-13(21)15-12(10(11)2)7-8-14-19(3,4)17(23)16(22)18(24)20(14,15)5/h6,9-10,12,14-18,22-24H,1,7-8H2,2-5H3. The number of aliphatic hydroxyl groups is 3. The van der Waals surface area contributed by atoms with Gasteiger partial charge in [0, 0.05) is 11.3 Å². The lowest BCUT2D eigenvalue weighted by molar-refractivity contribution is -0.253. The van der Waals surface area contributed by atoms with Crippen molar-refractivity contribution in [3.05, 3.63) is 24.3 Å². The van der Waals surface area contributed by atoms with Crippen LogP contribution in [0.5, 0.6) is 0 Å². The molecule has 4 nitrogen and oxygen atoms in total. The summed E-state index contributed by atoms with van der Waals surface area (Å²) in [7, 11) is 0. The Balaban J connectivity index is 2.13. The van der Waals surface area contributed by atoms with Gasteiger partial charge in [-0.15, -0.1) is 0 Å². The Kier molecular flexibility index (Phi) is 4.10. The molecule has 24 heavy (non-hydrogen) atoms. The zero-order valence-electron chi connectivity index (χ0n) is 15.1. The van der Waals surface area contributed by atoms with E-state index in [4.69, 9.17) is 0 Å². The van der Waals surface area contributed by atoms with Crippen LogP contribution in [0.4, 0.5) is 0 Å². The molecule has 0 aromatic carbocycles. The molecule has 0 bridgehead atoms. The minimum Gasteiger partial charge on any atom is -0.390 e. The number of ketones is 1. The molecule has 8 atom stereocenters. The number of carbonyl (C=O) groups is 1. The molecule has 0 aliphatic heterocycles. The molecule has 0 saturated heterocycles. The van der Waals surface area contributed by atoms with Crippen LogP contribution in [0.2, 0.25) is 0 Å². The molecule has 0 radical (unpaired) electrons. The third-order valence-corrected chi connectivity index (χ3v) is 7.60. The average molecular weight is 334 g/mol. The second-order valence-electron chi connectivity index (χ2n) is 8.88. The molecule has 0 amide bonds. The first-order valence-corrected chi connectivity index (χ1v) is 9.00. The normalized spacial score (nSPS) is 50.5. The van der Waals surface area contributed by atoms with Crippen LogP contribution in [0.3, 0.4) is 0 Å². The van der Waals surface area contributed by atoms with Crippen LogP contribution in [-0.2, 0) is 4.79 Å². The van der Waals surface area contributed by atoms with E-state index < -0.39 is 29.1 Å². The average Bonchev–Trinajstić information content (AvgIpc) is 2.54. The smallest absolute Gasteiger partial charge is 0.159 e. The van der Waals surface area contributed by atoms with Crippen LogP contribution >= 0.6 is 0 Å². The molecule has 2 fully saturated rings. The Morgan fingerprint density at radius 2 is 1.79 bits per heavy atom. The summed E-state index contributed by atoms with van der Waals surface area (Å²) in [6.45, 7) is 11.8. The third-order valence-electron chi connectivity index (χ3n) is 7.60. The van der Waals surface area contributed by atoms with Gasteiger partial charge in [-0.2, -0.15) is 0 Å². The van der Waals surface area contributed by atoms with Crippen molar-refractivity contribution in [1.29, 1.82) is 0 Å². The van der Waals surface area contributed by atoms with E-state index in [1.807, 2.05) is 20.8 Å². The van der Waals surface area contributed by atoms with Gasteiger partial charge in [-0.1, -0.05) is 40.3 Å². The molecule has 0 aromatic heterocycles. The van der Waals surface area contributed by atoms with Crippen molar-refractivity contribution in [3.63, 3.8) is 0 Å². The van der Waals surface area contributed by atoms with Crippen molar-refractivity contribution in [2.24, 2.45) is 34.5 Å². The number of aliphatic hydroxyl groups excluding tert-OH is 3. The highest BCUT2D eigenvalue weighted by Gasteiger charge is 2.66. The highest BCUT2D eigenvalue weighted by Crippen LogP contribution is 2.63. The van der Waals surface area contributed by atoms with Crippen molar-refractivity contribution in [3.8, 4) is 0 Å². The van der Waals surface area contributed by atoms with Gasteiger partial charge in [0.25, 0.3) is 0 Å². The van der Waals surface area contributed by atoms with Crippen LogP contribution in [-0.4, -0.2) is 39.4 Å². The molecule has 8 unspecified atom stereocenters. The summed E-state index contributed by atoms with van der Waals surface area (Å²) in [5.74, 6) is 0.0337. The zero-order chi connectivity index (χ0) is 18.0. The zero-order valence-corrected chi connectivity index (χ0v) is 15.1. The maximum atomic E-state index is 13.0. The molecule has 3 aliphatic carbocycles. The van der Waals surface area contributed by atoms with Gasteiger partial charge >= 0.3 is 0 Å². The number of carbonyl (C=O) groups excluding carboxylic acids is 1. The number of fused-ring (bicyclic) bond motifs is 3. The largest absolute Gasteiger partial charge is 0.390 e. The Hall–Kier alpha value is -0.970. The summed E-state index contributed by atoms with van der Waals surface area (Å²) < 4.78 is 0. The van der Waals surface area contributed by atoms with E-state index in [1.54, 1.807) is 12.2 Å². The number of hydrogen-bond donors (Lipinski definition) is 3. The van der Waals surface area contributed by atoms with Crippen molar-refractivity contribution in [2.75, 3.05) is 0 Å². The quantitative estimate of drug-likeness (QED) is 0.686. The number of rotatable bonds is 1. The van der Waals surface area contributed by atoms with E-state index in [1.165, 1.54) is 0 Å². The SMILES string of the molecule is C=CC1=CC(=O)C2C(CCC3C(C)(C)C(O)C(O)C(O)C23C)C1C. The highest BCUT2D eigenvalue weighted by molar-refractivity contribution is 5.95. The Morgan fingerprint density at radius 3 is 2.38 bits per heavy atom. The maximum Gasteiger partial charge on any atom is 0.159 e. The summed E-state index contributed by atoms with van der Waals surface area (Å²) in [5.41, 5.74) is -0.322. The summed E-state index contributed by atoms with van der Waals surface area (Å²) in [5, 5.41) is 31.9. The Bertz CT molecular complexity index is 592. The van der Waals surface area contributed by atoms with Crippen molar-refractivity contribution in [2.45, 2.75) is 58.8 Å².